The third kappa shape index (κ3) is 4.74. The molecular formula is C14H21NO3S. The first-order valence-corrected chi connectivity index (χ1v) is 8.56. The lowest BCUT2D eigenvalue weighted by molar-refractivity contribution is 0.340. The number of rotatable bonds is 6. The molecular weight excluding hydrogens is 262 g/mol. The topological polar surface area (TPSA) is 69.4 Å². The average Bonchev–Trinajstić information content (AvgIpc) is 2.80. The summed E-state index contributed by atoms with van der Waals surface area (Å²) in [7, 11) is -3.00. The van der Waals surface area contributed by atoms with Crippen molar-refractivity contribution in [2.75, 3.05) is 23.8 Å². The van der Waals surface area contributed by atoms with Gasteiger partial charge in [-0.05, 0) is 30.9 Å². The monoisotopic (exact) mass is 283 g/mol. The summed E-state index contributed by atoms with van der Waals surface area (Å²) in [5, 5.41) is 0. The van der Waals surface area contributed by atoms with E-state index in [1.54, 1.807) is 24.3 Å². The standard InChI is InChI=1S/C14H21NO3S/c15-13-6-3-7-14(10-13)18-8-9-19(16,17)11-12-4-1-2-5-12/h3,6-7,10,12H,1-2,4-5,8-9,11,15H2. The highest BCUT2D eigenvalue weighted by Crippen LogP contribution is 2.26. The summed E-state index contributed by atoms with van der Waals surface area (Å²) < 4.78 is 29.3. The summed E-state index contributed by atoms with van der Waals surface area (Å²) in [4.78, 5) is 0. The molecule has 1 aliphatic carbocycles. The van der Waals surface area contributed by atoms with Gasteiger partial charge in [0.25, 0.3) is 0 Å². The van der Waals surface area contributed by atoms with Crippen molar-refractivity contribution in [2.24, 2.45) is 5.92 Å². The van der Waals surface area contributed by atoms with Crippen molar-refractivity contribution in [3.8, 4) is 5.75 Å². The number of benzene rings is 1. The highest BCUT2D eigenvalue weighted by molar-refractivity contribution is 7.91. The highest BCUT2D eigenvalue weighted by Gasteiger charge is 2.22. The number of anilines is 1. The second-order valence-electron chi connectivity index (χ2n) is 5.19. The fraction of sp³-hybridized carbons (Fsp3) is 0.571. The summed E-state index contributed by atoms with van der Waals surface area (Å²) in [6, 6.07) is 7.03. The second-order valence-corrected chi connectivity index (χ2v) is 7.41. The van der Waals surface area contributed by atoms with Gasteiger partial charge in [0.1, 0.15) is 12.4 Å². The van der Waals surface area contributed by atoms with Gasteiger partial charge in [-0.15, -0.1) is 0 Å². The maximum atomic E-state index is 11.9. The van der Waals surface area contributed by atoms with Gasteiger partial charge in [0.15, 0.2) is 9.84 Å². The number of nitrogens with two attached hydrogens (primary N) is 1. The molecule has 0 bridgehead atoms. The smallest absolute Gasteiger partial charge is 0.153 e. The zero-order chi connectivity index (χ0) is 13.7. The Bertz CT molecular complexity index is 507. The van der Waals surface area contributed by atoms with E-state index < -0.39 is 9.84 Å². The third-order valence-electron chi connectivity index (χ3n) is 3.49. The van der Waals surface area contributed by atoms with Crippen LogP contribution in [0.15, 0.2) is 24.3 Å². The molecule has 0 aromatic heterocycles. The van der Waals surface area contributed by atoms with E-state index in [1.807, 2.05) is 0 Å². The Morgan fingerprint density at radius 1 is 1.26 bits per heavy atom. The molecule has 0 saturated heterocycles. The molecule has 1 aromatic carbocycles. The number of hydrogen-bond donors (Lipinski definition) is 1. The largest absolute Gasteiger partial charge is 0.492 e. The molecule has 4 nitrogen and oxygen atoms in total. The highest BCUT2D eigenvalue weighted by atomic mass is 32.2. The molecule has 1 saturated carbocycles. The Balaban J connectivity index is 1.78. The van der Waals surface area contributed by atoms with Crippen LogP contribution in [0.2, 0.25) is 0 Å². The van der Waals surface area contributed by atoms with Crippen molar-refractivity contribution in [2.45, 2.75) is 25.7 Å². The normalized spacial score (nSPS) is 16.6. The quantitative estimate of drug-likeness (QED) is 0.813. The summed E-state index contributed by atoms with van der Waals surface area (Å²) in [6.07, 6.45) is 4.44. The molecule has 2 N–H and O–H groups in total. The van der Waals surface area contributed by atoms with Crippen molar-refractivity contribution in [3.63, 3.8) is 0 Å². The Labute approximate surface area is 114 Å². The van der Waals surface area contributed by atoms with Gasteiger partial charge in [-0.2, -0.15) is 0 Å². The molecule has 106 valence electrons. The minimum absolute atomic E-state index is 0.0816. The van der Waals surface area contributed by atoms with E-state index in [0.29, 0.717) is 23.1 Å². The van der Waals surface area contributed by atoms with E-state index in [2.05, 4.69) is 0 Å². The molecule has 0 heterocycles. The van der Waals surface area contributed by atoms with E-state index in [-0.39, 0.29) is 12.4 Å². The van der Waals surface area contributed by atoms with Gasteiger partial charge in [0, 0.05) is 11.8 Å². The first kappa shape index (κ1) is 14.2. The molecule has 5 heteroatoms. The fourth-order valence-corrected chi connectivity index (χ4v) is 4.07. The van der Waals surface area contributed by atoms with Crippen LogP contribution < -0.4 is 10.5 Å². The van der Waals surface area contributed by atoms with Crippen LogP contribution in [0.1, 0.15) is 25.7 Å². The molecule has 0 amide bonds. The lowest BCUT2D eigenvalue weighted by atomic mass is 10.1. The lowest BCUT2D eigenvalue weighted by Crippen LogP contribution is -2.21. The van der Waals surface area contributed by atoms with Gasteiger partial charge in [0.05, 0.1) is 11.5 Å². The van der Waals surface area contributed by atoms with Crippen LogP contribution in [-0.2, 0) is 9.84 Å². The van der Waals surface area contributed by atoms with Gasteiger partial charge in [-0.25, -0.2) is 8.42 Å². The third-order valence-corrected chi connectivity index (χ3v) is 5.25. The number of nitrogen functional groups attached to an aromatic ring is 1. The van der Waals surface area contributed by atoms with Gasteiger partial charge in [-0.1, -0.05) is 18.9 Å². The van der Waals surface area contributed by atoms with Crippen LogP contribution in [0, 0.1) is 5.92 Å². The number of ether oxygens (including phenoxy) is 1. The van der Waals surface area contributed by atoms with Crippen molar-refractivity contribution < 1.29 is 13.2 Å². The van der Waals surface area contributed by atoms with Gasteiger partial charge in [-0.3, -0.25) is 0 Å². The molecule has 19 heavy (non-hydrogen) atoms. The van der Waals surface area contributed by atoms with E-state index >= 15 is 0 Å². The molecule has 1 aliphatic rings. The number of sulfone groups is 1. The molecule has 0 spiro atoms. The second kappa shape index (κ2) is 6.28. The first-order valence-electron chi connectivity index (χ1n) is 6.74. The first-order chi connectivity index (χ1) is 9.05. The van der Waals surface area contributed by atoms with E-state index in [1.165, 1.54) is 12.8 Å². The zero-order valence-corrected chi connectivity index (χ0v) is 11.9. The molecule has 0 aliphatic heterocycles. The predicted molar refractivity (Wildman–Crippen MR) is 77.0 cm³/mol. The lowest BCUT2D eigenvalue weighted by Gasteiger charge is -2.11. The van der Waals surface area contributed by atoms with Crippen molar-refractivity contribution in [1.29, 1.82) is 0 Å². The summed E-state index contributed by atoms with van der Waals surface area (Å²) in [5.74, 6) is 1.37. The van der Waals surface area contributed by atoms with Crippen LogP contribution >= 0.6 is 0 Å². The Morgan fingerprint density at radius 2 is 2.00 bits per heavy atom. The number of hydrogen-bond acceptors (Lipinski definition) is 4. The maximum Gasteiger partial charge on any atom is 0.153 e. The summed E-state index contributed by atoms with van der Waals surface area (Å²) >= 11 is 0. The van der Waals surface area contributed by atoms with E-state index in [9.17, 15) is 8.42 Å². The predicted octanol–water partition coefficient (Wildman–Crippen LogP) is 2.25. The zero-order valence-electron chi connectivity index (χ0n) is 11.0. The summed E-state index contributed by atoms with van der Waals surface area (Å²) in [5.41, 5.74) is 6.24. The Morgan fingerprint density at radius 3 is 2.68 bits per heavy atom. The summed E-state index contributed by atoms with van der Waals surface area (Å²) in [6.45, 7) is 0.193. The van der Waals surface area contributed by atoms with Gasteiger partial charge < -0.3 is 10.5 Å². The molecule has 1 fully saturated rings. The fourth-order valence-electron chi connectivity index (χ4n) is 2.51. The molecule has 1 aromatic rings. The van der Waals surface area contributed by atoms with Crippen LogP contribution in [0.3, 0.4) is 0 Å². The Hall–Kier alpha value is -1.23. The van der Waals surface area contributed by atoms with Gasteiger partial charge >= 0.3 is 0 Å². The molecule has 0 radical (unpaired) electrons. The average molecular weight is 283 g/mol. The van der Waals surface area contributed by atoms with Crippen LogP contribution in [0.4, 0.5) is 5.69 Å². The van der Waals surface area contributed by atoms with E-state index in [0.717, 1.165) is 12.8 Å². The van der Waals surface area contributed by atoms with Crippen molar-refractivity contribution in [1.82, 2.24) is 0 Å². The van der Waals surface area contributed by atoms with Crippen LogP contribution in [-0.4, -0.2) is 26.5 Å². The minimum atomic E-state index is -3.00. The molecule has 2 rings (SSSR count). The SMILES string of the molecule is Nc1cccc(OCCS(=O)(=O)CC2CCCC2)c1. The van der Waals surface area contributed by atoms with Crippen LogP contribution in [0.5, 0.6) is 5.75 Å². The van der Waals surface area contributed by atoms with E-state index in [4.69, 9.17) is 10.5 Å². The van der Waals surface area contributed by atoms with Gasteiger partial charge in [0.2, 0.25) is 0 Å². The molecule has 0 atom stereocenters. The minimum Gasteiger partial charge on any atom is -0.492 e. The van der Waals surface area contributed by atoms with Crippen LogP contribution in [0.25, 0.3) is 0 Å². The van der Waals surface area contributed by atoms with Crippen molar-refractivity contribution >= 4 is 15.5 Å². The Kier molecular flexibility index (Phi) is 4.69. The molecule has 0 unspecified atom stereocenters. The van der Waals surface area contributed by atoms with Crippen molar-refractivity contribution in [3.05, 3.63) is 24.3 Å². The maximum absolute atomic E-state index is 11.9.